The van der Waals surface area contributed by atoms with E-state index in [-0.39, 0.29) is 11.0 Å². The molecule has 0 fully saturated rings. The Kier molecular flexibility index (Phi) is 4.11. The van der Waals surface area contributed by atoms with E-state index in [1.165, 1.54) is 12.4 Å². The molecule has 0 bridgehead atoms. The van der Waals surface area contributed by atoms with Crippen LogP contribution in [0.15, 0.2) is 36.7 Å². The number of aromatic nitrogens is 4. The number of halogens is 3. The molecule has 5 nitrogen and oxygen atoms in total. The number of hydrogen-bond acceptors (Lipinski definition) is 3. The van der Waals surface area contributed by atoms with Gasteiger partial charge in [0.15, 0.2) is 5.82 Å². The van der Waals surface area contributed by atoms with E-state index < -0.39 is 11.6 Å². The van der Waals surface area contributed by atoms with Crippen LogP contribution in [0.5, 0.6) is 5.75 Å². The first kappa shape index (κ1) is 17.5. The highest BCUT2D eigenvalue weighted by molar-refractivity contribution is 6.33. The number of aryl methyl sites for hydroxylation is 2. The average molecular weight is 389 g/mol. The summed E-state index contributed by atoms with van der Waals surface area (Å²) in [6.07, 6.45) is 1.45. The summed E-state index contributed by atoms with van der Waals surface area (Å²) in [6.45, 7) is 1.84. The number of hydrogen-bond donors (Lipinski definition) is 0. The Hall–Kier alpha value is -2.93. The van der Waals surface area contributed by atoms with Gasteiger partial charge < -0.3 is 4.74 Å². The molecule has 0 spiro atoms. The zero-order chi connectivity index (χ0) is 19.3. The molecule has 8 heteroatoms. The third-order valence-corrected chi connectivity index (χ3v) is 4.74. The quantitative estimate of drug-likeness (QED) is 0.512. The molecule has 0 amide bonds. The van der Waals surface area contributed by atoms with E-state index in [0.717, 1.165) is 17.2 Å². The largest absolute Gasteiger partial charge is 0.497 e. The minimum Gasteiger partial charge on any atom is -0.497 e. The third-order valence-electron chi connectivity index (χ3n) is 4.43. The van der Waals surface area contributed by atoms with Crippen LogP contribution in [0, 0.1) is 18.6 Å². The zero-order valence-electron chi connectivity index (χ0n) is 14.8. The molecule has 138 valence electrons. The number of ether oxygens (including phenoxy) is 1. The minimum absolute atomic E-state index is 0.172. The molecule has 4 rings (SSSR count). The summed E-state index contributed by atoms with van der Waals surface area (Å²) in [5, 5.41) is 4.94. The molecule has 0 unspecified atom stereocenters. The molecule has 2 heterocycles. The Morgan fingerprint density at radius 3 is 2.63 bits per heavy atom. The van der Waals surface area contributed by atoms with Crippen LogP contribution in [0.1, 0.15) is 5.69 Å². The van der Waals surface area contributed by atoms with E-state index in [1.807, 2.05) is 13.0 Å². The number of rotatable bonds is 3. The van der Waals surface area contributed by atoms with Crippen molar-refractivity contribution in [3.63, 3.8) is 0 Å². The Morgan fingerprint density at radius 1 is 1.15 bits per heavy atom. The lowest BCUT2D eigenvalue weighted by molar-refractivity contribution is 0.415. The van der Waals surface area contributed by atoms with E-state index in [0.29, 0.717) is 22.3 Å². The van der Waals surface area contributed by atoms with Gasteiger partial charge in [-0.05, 0) is 25.1 Å². The molecule has 0 saturated carbocycles. The van der Waals surface area contributed by atoms with Crippen LogP contribution in [0.4, 0.5) is 8.78 Å². The summed E-state index contributed by atoms with van der Waals surface area (Å²) < 4.78 is 36.4. The summed E-state index contributed by atoms with van der Waals surface area (Å²) in [7, 11) is 3.31. The van der Waals surface area contributed by atoms with Gasteiger partial charge in [-0.3, -0.25) is 9.25 Å². The van der Waals surface area contributed by atoms with Crippen LogP contribution in [0.25, 0.3) is 28.0 Å². The van der Waals surface area contributed by atoms with E-state index in [2.05, 4.69) is 10.1 Å². The summed E-state index contributed by atoms with van der Waals surface area (Å²) >= 11 is 6.46. The van der Waals surface area contributed by atoms with Gasteiger partial charge in [-0.15, -0.1) is 0 Å². The van der Waals surface area contributed by atoms with E-state index >= 15 is 0 Å². The molecule has 0 N–H and O–H groups in total. The Morgan fingerprint density at radius 2 is 1.93 bits per heavy atom. The van der Waals surface area contributed by atoms with Crippen molar-refractivity contribution < 1.29 is 13.5 Å². The second-order valence-electron chi connectivity index (χ2n) is 6.12. The molecule has 2 aromatic heterocycles. The SMILES string of the molecule is COc1ccc(-c2c(C)nn(C)c2-n2cnc3cc(F)cc(F)c32)c(Cl)c1. The summed E-state index contributed by atoms with van der Waals surface area (Å²) in [5.74, 6) is -0.174. The van der Waals surface area contributed by atoms with Crippen molar-refractivity contribution in [1.29, 1.82) is 0 Å². The third kappa shape index (κ3) is 2.75. The van der Waals surface area contributed by atoms with Crippen LogP contribution in [0.3, 0.4) is 0 Å². The molecule has 0 saturated heterocycles. The average Bonchev–Trinajstić information content (AvgIpc) is 3.15. The van der Waals surface area contributed by atoms with Gasteiger partial charge >= 0.3 is 0 Å². The summed E-state index contributed by atoms with van der Waals surface area (Å²) in [5.41, 5.74) is 2.56. The van der Waals surface area contributed by atoms with Crippen LogP contribution in [-0.2, 0) is 7.05 Å². The lowest BCUT2D eigenvalue weighted by atomic mass is 10.1. The highest BCUT2D eigenvalue weighted by Crippen LogP contribution is 2.37. The van der Waals surface area contributed by atoms with Crippen molar-refractivity contribution in [2.24, 2.45) is 7.05 Å². The standard InChI is InChI=1S/C19H15ClF2N4O/c1-10-17(13-5-4-12(27-3)8-14(13)20)19(25(2)24-10)26-9-23-16-7-11(21)6-15(22)18(16)26/h4-9H,1-3H3. The van der Waals surface area contributed by atoms with E-state index in [9.17, 15) is 8.78 Å². The molecule has 0 aliphatic heterocycles. The van der Waals surface area contributed by atoms with Crippen LogP contribution in [0.2, 0.25) is 5.02 Å². The van der Waals surface area contributed by atoms with Crippen molar-refractivity contribution in [3.05, 3.63) is 59.0 Å². The second kappa shape index (κ2) is 6.35. The fourth-order valence-electron chi connectivity index (χ4n) is 3.29. The maximum atomic E-state index is 14.5. The van der Waals surface area contributed by atoms with Crippen LogP contribution < -0.4 is 4.74 Å². The Labute approximate surface area is 158 Å². The van der Waals surface area contributed by atoms with Crippen molar-refractivity contribution >= 4 is 22.6 Å². The van der Waals surface area contributed by atoms with E-state index in [1.54, 1.807) is 35.5 Å². The molecule has 0 radical (unpaired) electrons. The zero-order valence-corrected chi connectivity index (χ0v) is 15.6. The lowest BCUT2D eigenvalue weighted by Gasteiger charge is -2.11. The van der Waals surface area contributed by atoms with Crippen molar-refractivity contribution in [1.82, 2.24) is 19.3 Å². The van der Waals surface area contributed by atoms with Crippen LogP contribution >= 0.6 is 11.6 Å². The van der Waals surface area contributed by atoms with Gasteiger partial charge in [-0.25, -0.2) is 13.8 Å². The smallest absolute Gasteiger partial charge is 0.152 e. The lowest BCUT2D eigenvalue weighted by Crippen LogP contribution is -2.04. The van der Waals surface area contributed by atoms with Crippen molar-refractivity contribution in [3.8, 4) is 22.7 Å². The first-order valence-corrected chi connectivity index (χ1v) is 8.48. The first-order valence-electron chi connectivity index (χ1n) is 8.10. The second-order valence-corrected chi connectivity index (χ2v) is 6.53. The van der Waals surface area contributed by atoms with Gasteiger partial charge in [0.05, 0.1) is 23.3 Å². The first-order chi connectivity index (χ1) is 12.9. The topological polar surface area (TPSA) is 44.9 Å². The van der Waals surface area contributed by atoms with Gasteiger partial charge in [0.25, 0.3) is 0 Å². The van der Waals surface area contributed by atoms with E-state index in [4.69, 9.17) is 16.3 Å². The molecular weight excluding hydrogens is 374 g/mol. The number of fused-ring (bicyclic) bond motifs is 1. The van der Waals surface area contributed by atoms with Gasteiger partial charge in [0, 0.05) is 30.3 Å². The van der Waals surface area contributed by atoms with Crippen LogP contribution in [-0.4, -0.2) is 26.4 Å². The summed E-state index contributed by atoms with van der Waals surface area (Å²) in [6, 6.07) is 7.35. The molecule has 4 aromatic rings. The van der Waals surface area contributed by atoms with Gasteiger partial charge in [-0.1, -0.05) is 11.6 Å². The highest BCUT2D eigenvalue weighted by Gasteiger charge is 2.22. The predicted molar refractivity (Wildman–Crippen MR) is 99.5 cm³/mol. The molecule has 0 atom stereocenters. The molecular formula is C19H15ClF2N4O. The van der Waals surface area contributed by atoms with Crippen molar-refractivity contribution in [2.45, 2.75) is 6.92 Å². The normalized spacial score (nSPS) is 11.3. The number of methoxy groups -OCH3 is 1. The monoisotopic (exact) mass is 388 g/mol. The molecule has 0 aliphatic carbocycles. The van der Waals surface area contributed by atoms with Gasteiger partial charge in [0.1, 0.15) is 29.2 Å². The number of benzene rings is 2. The highest BCUT2D eigenvalue weighted by atomic mass is 35.5. The van der Waals surface area contributed by atoms with Crippen molar-refractivity contribution in [2.75, 3.05) is 7.11 Å². The predicted octanol–water partition coefficient (Wildman–Crippen LogP) is 4.67. The molecule has 0 aliphatic rings. The summed E-state index contributed by atoms with van der Waals surface area (Å²) in [4.78, 5) is 4.14. The maximum absolute atomic E-state index is 14.5. The van der Waals surface area contributed by atoms with Gasteiger partial charge in [0.2, 0.25) is 0 Å². The number of nitrogens with zero attached hydrogens (tertiary/aromatic N) is 4. The molecule has 27 heavy (non-hydrogen) atoms. The minimum atomic E-state index is -0.701. The Balaban J connectivity index is 2.02. The Bertz CT molecular complexity index is 1180. The fourth-order valence-corrected chi connectivity index (χ4v) is 3.56. The molecule has 2 aromatic carbocycles. The maximum Gasteiger partial charge on any atom is 0.152 e. The number of imidazole rings is 1. The van der Waals surface area contributed by atoms with Gasteiger partial charge in [-0.2, -0.15) is 5.10 Å². The fraction of sp³-hybridized carbons (Fsp3) is 0.158.